The van der Waals surface area contributed by atoms with Crippen molar-refractivity contribution < 1.29 is 32.7 Å². The third kappa shape index (κ3) is 8.76. The Kier molecular flexibility index (Phi) is 10.7. The van der Waals surface area contributed by atoms with E-state index in [4.69, 9.17) is 24.0 Å². The minimum Gasteiger partial charge on any atom is -0.463 e. The zero-order chi connectivity index (χ0) is 32.6. The van der Waals surface area contributed by atoms with Crippen LogP contribution in [0.3, 0.4) is 0 Å². The molecule has 0 spiro atoms. The van der Waals surface area contributed by atoms with Crippen molar-refractivity contribution in [2.45, 2.75) is 59.2 Å². The molecular formula is C32H37N5O8. The largest absolute Gasteiger partial charge is 0.519 e. The Labute approximate surface area is 259 Å². The molecule has 0 saturated heterocycles. The fourth-order valence-corrected chi connectivity index (χ4v) is 4.65. The number of aromatic nitrogens is 3. The molecule has 2 aromatic carbocycles. The molecule has 0 bridgehead atoms. The Balaban J connectivity index is 1.59. The van der Waals surface area contributed by atoms with Gasteiger partial charge in [0, 0.05) is 6.04 Å². The smallest absolute Gasteiger partial charge is 0.463 e. The van der Waals surface area contributed by atoms with Crippen molar-refractivity contribution in [3.63, 3.8) is 0 Å². The average molecular weight is 620 g/mol. The molecular weight excluding hydrogens is 582 g/mol. The van der Waals surface area contributed by atoms with Crippen molar-refractivity contribution in [2.24, 2.45) is 17.1 Å². The van der Waals surface area contributed by atoms with Gasteiger partial charge >= 0.3 is 17.8 Å². The van der Waals surface area contributed by atoms with Crippen molar-refractivity contribution in [2.75, 3.05) is 6.61 Å². The summed E-state index contributed by atoms with van der Waals surface area (Å²) in [6, 6.07) is 16.2. The quantitative estimate of drug-likeness (QED) is 0.175. The number of aryl methyl sites for hydroxylation is 1. The number of H-pyrrole nitrogens is 1. The molecule has 0 aliphatic heterocycles. The van der Waals surface area contributed by atoms with E-state index in [9.17, 15) is 19.2 Å². The lowest BCUT2D eigenvalue weighted by molar-refractivity contribution is -0.166. The Hall–Kier alpha value is -5.04. The highest BCUT2D eigenvalue weighted by Crippen LogP contribution is 2.29. The zero-order valence-electron chi connectivity index (χ0n) is 25.6. The first kappa shape index (κ1) is 32.9. The molecule has 0 unspecified atom stereocenters. The van der Waals surface area contributed by atoms with E-state index >= 15 is 0 Å². The highest BCUT2D eigenvalue weighted by Gasteiger charge is 2.40. The third-order valence-electron chi connectivity index (χ3n) is 7.42. The maximum atomic E-state index is 13.6. The van der Waals surface area contributed by atoms with Crippen molar-refractivity contribution in [1.82, 2.24) is 20.7 Å². The van der Waals surface area contributed by atoms with Crippen LogP contribution in [0.25, 0.3) is 11.1 Å². The number of rotatable bonds is 14. The van der Waals surface area contributed by atoms with Gasteiger partial charge in [0.15, 0.2) is 18.1 Å². The number of carbonyl (C=O) groups excluding carboxylic acids is 3. The van der Waals surface area contributed by atoms with Crippen LogP contribution >= 0.6 is 0 Å². The third-order valence-corrected chi connectivity index (χ3v) is 7.42. The van der Waals surface area contributed by atoms with Crippen molar-refractivity contribution in [1.29, 1.82) is 0 Å². The van der Waals surface area contributed by atoms with Crippen molar-refractivity contribution in [3.05, 3.63) is 94.2 Å². The lowest BCUT2D eigenvalue weighted by atomic mass is 9.82. The predicted octanol–water partition coefficient (Wildman–Crippen LogP) is 3.33. The standard InChI is InChI=1S/C32H37N5O8/c1-19(2)27(33)29(39)43-18-32(4,30(40)42-17-26-20(3)44-31(41)45-26)15-24(35-28(38)25-16-34-37-36-25)14-21-10-12-23(13-11-21)22-8-6-5-7-9-22/h5-13,16,19,24,27H,14-15,17-18,33H2,1-4H3,(H,35,38)(H,34,36,37)/t24-,27+,32+/m1/s1. The maximum Gasteiger partial charge on any atom is 0.519 e. The Morgan fingerprint density at radius 3 is 2.31 bits per heavy atom. The van der Waals surface area contributed by atoms with E-state index in [1.54, 1.807) is 20.8 Å². The fourth-order valence-electron chi connectivity index (χ4n) is 4.65. The van der Waals surface area contributed by atoms with Crippen molar-refractivity contribution >= 4 is 17.8 Å². The molecule has 0 saturated carbocycles. The normalized spacial score (nSPS) is 13.9. The van der Waals surface area contributed by atoms with Gasteiger partial charge in [-0.05, 0) is 49.3 Å². The molecule has 4 rings (SSSR count). The van der Waals surface area contributed by atoms with Crippen LogP contribution in [0, 0.1) is 18.3 Å². The molecule has 3 atom stereocenters. The van der Waals surface area contributed by atoms with Gasteiger partial charge in [-0.25, -0.2) is 4.79 Å². The first-order chi connectivity index (χ1) is 21.4. The number of hydrogen-bond donors (Lipinski definition) is 3. The number of carbonyl (C=O) groups is 3. The molecule has 45 heavy (non-hydrogen) atoms. The van der Waals surface area contributed by atoms with Gasteiger partial charge in [0.05, 0.1) is 6.20 Å². The molecule has 0 radical (unpaired) electrons. The molecule has 1 amide bonds. The van der Waals surface area contributed by atoms with E-state index in [1.165, 1.54) is 13.1 Å². The number of hydrogen-bond acceptors (Lipinski definition) is 11. The lowest BCUT2D eigenvalue weighted by Crippen LogP contribution is -2.46. The summed E-state index contributed by atoms with van der Waals surface area (Å²) in [6.45, 7) is 5.85. The number of benzene rings is 2. The van der Waals surface area contributed by atoms with Gasteiger partial charge in [-0.2, -0.15) is 0 Å². The molecule has 2 aromatic heterocycles. The summed E-state index contributed by atoms with van der Waals surface area (Å²) in [5, 5.41) is 12.7. The minimum absolute atomic E-state index is 0.00189. The zero-order valence-corrected chi connectivity index (χ0v) is 25.6. The van der Waals surface area contributed by atoms with E-state index < -0.39 is 41.2 Å². The van der Waals surface area contributed by atoms with Gasteiger partial charge in [0.2, 0.25) is 0 Å². The molecule has 0 aliphatic carbocycles. The van der Waals surface area contributed by atoms with Crippen molar-refractivity contribution in [3.8, 4) is 11.1 Å². The summed E-state index contributed by atoms with van der Waals surface area (Å²) in [5.41, 5.74) is 7.61. The Morgan fingerprint density at radius 2 is 1.71 bits per heavy atom. The topological polar surface area (TPSA) is 193 Å². The summed E-state index contributed by atoms with van der Waals surface area (Å²) in [6.07, 6.45) is 1.60. The fraction of sp³-hybridized carbons (Fsp3) is 0.375. The number of nitrogens with one attached hydrogen (secondary N) is 2. The molecule has 0 aliphatic rings. The number of nitrogens with zero attached hydrogens (tertiary/aromatic N) is 2. The molecule has 2 heterocycles. The van der Waals surface area contributed by atoms with Crippen LogP contribution in [0.15, 0.2) is 74.4 Å². The van der Waals surface area contributed by atoms with Crippen LogP contribution in [-0.2, 0) is 32.1 Å². The summed E-state index contributed by atoms with van der Waals surface area (Å²) < 4.78 is 20.9. The number of amides is 1. The summed E-state index contributed by atoms with van der Waals surface area (Å²) in [7, 11) is 0. The molecule has 13 heteroatoms. The summed E-state index contributed by atoms with van der Waals surface area (Å²) in [4.78, 5) is 50.9. The van der Waals surface area contributed by atoms with Crippen LogP contribution in [0.2, 0.25) is 0 Å². The number of ether oxygens (including phenoxy) is 2. The van der Waals surface area contributed by atoms with Gasteiger partial charge in [-0.3, -0.25) is 19.5 Å². The van der Waals surface area contributed by atoms with Crippen LogP contribution in [0.5, 0.6) is 0 Å². The second-order valence-corrected chi connectivity index (χ2v) is 11.5. The highest BCUT2D eigenvalue weighted by atomic mass is 16.6. The second kappa shape index (κ2) is 14.6. The maximum absolute atomic E-state index is 13.6. The highest BCUT2D eigenvalue weighted by molar-refractivity contribution is 5.92. The van der Waals surface area contributed by atoms with Gasteiger partial charge in [0.25, 0.3) is 5.91 Å². The Bertz CT molecular complexity index is 1630. The summed E-state index contributed by atoms with van der Waals surface area (Å²) in [5.74, 6) is -2.83. The first-order valence-electron chi connectivity index (χ1n) is 14.5. The molecule has 13 nitrogen and oxygen atoms in total. The van der Waals surface area contributed by atoms with Gasteiger partial charge in [-0.1, -0.05) is 73.7 Å². The monoisotopic (exact) mass is 619 g/mol. The second-order valence-electron chi connectivity index (χ2n) is 11.5. The molecule has 238 valence electrons. The first-order valence-corrected chi connectivity index (χ1v) is 14.5. The number of esters is 2. The van der Waals surface area contributed by atoms with Crippen LogP contribution in [0.4, 0.5) is 0 Å². The van der Waals surface area contributed by atoms with E-state index in [0.717, 1.165) is 16.7 Å². The van der Waals surface area contributed by atoms with Crippen LogP contribution in [0.1, 0.15) is 54.8 Å². The van der Waals surface area contributed by atoms with E-state index in [-0.39, 0.29) is 42.8 Å². The summed E-state index contributed by atoms with van der Waals surface area (Å²) >= 11 is 0. The molecule has 0 fully saturated rings. The average Bonchev–Trinajstić information content (AvgIpc) is 3.68. The lowest BCUT2D eigenvalue weighted by Gasteiger charge is -2.32. The van der Waals surface area contributed by atoms with E-state index in [1.807, 2.05) is 54.6 Å². The molecule has 4 aromatic rings. The minimum atomic E-state index is -1.46. The van der Waals surface area contributed by atoms with E-state index in [2.05, 4.69) is 20.7 Å². The van der Waals surface area contributed by atoms with Crippen LogP contribution in [-0.4, -0.2) is 51.9 Å². The predicted molar refractivity (Wildman–Crippen MR) is 161 cm³/mol. The SMILES string of the molecule is Cc1oc(=O)oc1COC(=O)[C@](C)(COC(=O)[C@@H](N)C(C)C)C[C@@H](Cc1ccc(-c2ccccc2)cc1)NC(=O)c1cnn[nH]1. The van der Waals surface area contributed by atoms with Gasteiger partial charge < -0.3 is 29.4 Å². The van der Waals surface area contributed by atoms with Gasteiger partial charge in [-0.15, -0.1) is 5.10 Å². The Morgan fingerprint density at radius 1 is 1.02 bits per heavy atom. The van der Waals surface area contributed by atoms with Crippen LogP contribution < -0.4 is 16.9 Å². The van der Waals surface area contributed by atoms with Gasteiger partial charge in [0.1, 0.15) is 23.8 Å². The number of nitrogens with two attached hydrogens (primary N) is 1. The van der Waals surface area contributed by atoms with E-state index in [0.29, 0.717) is 6.42 Å². The number of aromatic amines is 1. The molecule has 4 N–H and O–H groups in total.